The number of nitrogens with zero attached hydrogens (tertiary/aromatic N) is 1. The van der Waals surface area contributed by atoms with Gasteiger partial charge in [0.15, 0.2) is 0 Å². The van der Waals surface area contributed by atoms with Gasteiger partial charge in [-0.3, -0.25) is 4.79 Å². The smallest absolute Gasteiger partial charge is 0.318 e. The van der Waals surface area contributed by atoms with Crippen LogP contribution >= 0.6 is 0 Å². The number of carbonyl (C=O) groups excluding carboxylic acids is 1. The molecule has 0 saturated heterocycles. The van der Waals surface area contributed by atoms with Gasteiger partial charge in [-0.25, -0.2) is 0 Å². The molecule has 0 radical (unpaired) electrons. The van der Waals surface area contributed by atoms with Crippen LogP contribution in [-0.4, -0.2) is 25.4 Å². The summed E-state index contributed by atoms with van der Waals surface area (Å²) in [6.45, 7) is 2.06. The SMILES string of the molecule is COC(=O)C1CON=C1C. The van der Waals surface area contributed by atoms with E-state index in [1.54, 1.807) is 6.92 Å². The normalized spacial score (nSPS) is 23.4. The molecule has 1 rings (SSSR count). The van der Waals surface area contributed by atoms with Gasteiger partial charge < -0.3 is 9.57 Å². The Hall–Kier alpha value is -1.06. The van der Waals surface area contributed by atoms with Crippen LogP contribution in [0.15, 0.2) is 5.16 Å². The molecule has 0 spiro atoms. The summed E-state index contributed by atoms with van der Waals surface area (Å²) < 4.78 is 4.50. The number of methoxy groups -OCH3 is 1. The second-order valence-electron chi connectivity index (χ2n) is 2.10. The Balaban J connectivity index is 2.57. The van der Waals surface area contributed by atoms with E-state index in [4.69, 9.17) is 0 Å². The molecular weight excluding hydrogens is 134 g/mol. The molecule has 4 nitrogen and oxygen atoms in total. The fraction of sp³-hybridized carbons (Fsp3) is 0.667. The van der Waals surface area contributed by atoms with Gasteiger partial charge in [0, 0.05) is 0 Å². The van der Waals surface area contributed by atoms with E-state index in [0.717, 1.165) is 0 Å². The lowest BCUT2D eigenvalue weighted by molar-refractivity contribution is -0.143. The number of rotatable bonds is 1. The lowest BCUT2D eigenvalue weighted by Gasteiger charge is -2.02. The summed E-state index contributed by atoms with van der Waals surface area (Å²) in [6.07, 6.45) is 0. The van der Waals surface area contributed by atoms with Crippen molar-refractivity contribution in [3.05, 3.63) is 0 Å². The third-order valence-electron chi connectivity index (χ3n) is 1.44. The molecule has 0 N–H and O–H groups in total. The molecule has 0 saturated carbocycles. The molecule has 0 bridgehead atoms. The summed E-state index contributed by atoms with van der Waals surface area (Å²) in [5, 5.41) is 3.60. The van der Waals surface area contributed by atoms with E-state index < -0.39 is 0 Å². The number of hydrogen-bond acceptors (Lipinski definition) is 4. The zero-order valence-corrected chi connectivity index (χ0v) is 5.96. The van der Waals surface area contributed by atoms with Gasteiger partial charge in [-0.2, -0.15) is 0 Å². The molecule has 0 aromatic heterocycles. The fourth-order valence-corrected chi connectivity index (χ4v) is 0.779. The van der Waals surface area contributed by atoms with Crippen molar-refractivity contribution in [2.45, 2.75) is 6.92 Å². The summed E-state index contributed by atoms with van der Waals surface area (Å²) >= 11 is 0. The maximum atomic E-state index is 10.8. The van der Waals surface area contributed by atoms with Crippen LogP contribution in [0.1, 0.15) is 6.92 Å². The van der Waals surface area contributed by atoms with Gasteiger partial charge >= 0.3 is 5.97 Å². The van der Waals surface area contributed by atoms with Gasteiger partial charge in [-0.15, -0.1) is 0 Å². The topological polar surface area (TPSA) is 47.9 Å². The first-order valence-corrected chi connectivity index (χ1v) is 3.00. The zero-order chi connectivity index (χ0) is 7.56. The van der Waals surface area contributed by atoms with E-state index in [1.807, 2.05) is 0 Å². The standard InChI is InChI=1S/C6H9NO3/c1-4-5(3-10-7-4)6(8)9-2/h5H,3H2,1-2H3. The highest BCUT2D eigenvalue weighted by molar-refractivity contribution is 6.01. The van der Waals surface area contributed by atoms with Crippen LogP contribution in [0.25, 0.3) is 0 Å². The van der Waals surface area contributed by atoms with Crippen LogP contribution in [0, 0.1) is 5.92 Å². The summed E-state index contributed by atoms with van der Waals surface area (Å²) in [5.74, 6) is -0.566. The first-order valence-electron chi connectivity index (χ1n) is 3.00. The Morgan fingerprint density at radius 1 is 1.90 bits per heavy atom. The van der Waals surface area contributed by atoms with Crippen LogP contribution in [0.4, 0.5) is 0 Å². The third kappa shape index (κ3) is 1.10. The highest BCUT2D eigenvalue weighted by Gasteiger charge is 2.27. The predicted molar refractivity (Wildman–Crippen MR) is 34.6 cm³/mol. The molecule has 4 heteroatoms. The van der Waals surface area contributed by atoms with Crippen LogP contribution < -0.4 is 0 Å². The average Bonchev–Trinajstić information content (AvgIpc) is 2.34. The molecule has 56 valence electrons. The number of hydrogen-bond donors (Lipinski definition) is 0. The van der Waals surface area contributed by atoms with Crippen LogP contribution in [-0.2, 0) is 14.4 Å². The molecule has 1 unspecified atom stereocenters. The molecule has 1 aliphatic rings. The first-order chi connectivity index (χ1) is 4.75. The van der Waals surface area contributed by atoms with Crippen molar-refractivity contribution in [2.24, 2.45) is 11.1 Å². The van der Waals surface area contributed by atoms with E-state index in [1.165, 1.54) is 7.11 Å². The van der Waals surface area contributed by atoms with Gasteiger partial charge in [0.25, 0.3) is 0 Å². The highest BCUT2D eigenvalue weighted by atomic mass is 16.6. The van der Waals surface area contributed by atoms with Gasteiger partial charge in [-0.1, -0.05) is 5.16 Å². The third-order valence-corrected chi connectivity index (χ3v) is 1.44. The molecule has 0 aromatic rings. The van der Waals surface area contributed by atoms with Gasteiger partial charge in [-0.05, 0) is 6.92 Å². The minimum atomic E-state index is -0.287. The number of oxime groups is 1. The lowest BCUT2D eigenvalue weighted by Crippen LogP contribution is -2.22. The predicted octanol–water partition coefficient (Wildman–Crippen LogP) is 0.182. The zero-order valence-electron chi connectivity index (χ0n) is 5.96. The Labute approximate surface area is 58.8 Å². The molecule has 0 amide bonds. The van der Waals surface area contributed by atoms with Crippen LogP contribution in [0.5, 0.6) is 0 Å². The summed E-state index contributed by atoms with van der Waals surface area (Å²) in [4.78, 5) is 15.5. The molecule has 0 fully saturated rings. The molecule has 1 atom stereocenters. The molecule has 1 aliphatic heterocycles. The van der Waals surface area contributed by atoms with Crippen molar-refractivity contribution < 1.29 is 14.4 Å². The minimum absolute atomic E-state index is 0.279. The number of esters is 1. The molecule has 10 heavy (non-hydrogen) atoms. The Morgan fingerprint density at radius 2 is 2.60 bits per heavy atom. The van der Waals surface area contributed by atoms with Gasteiger partial charge in [0.05, 0.1) is 12.8 Å². The molecular formula is C6H9NO3. The Kier molecular flexibility index (Phi) is 1.89. The second kappa shape index (κ2) is 2.68. The van der Waals surface area contributed by atoms with Crippen molar-refractivity contribution in [3.8, 4) is 0 Å². The fourth-order valence-electron chi connectivity index (χ4n) is 0.779. The van der Waals surface area contributed by atoms with E-state index in [-0.39, 0.29) is 11.9 Å². The maximum absolute atomic E-state index is 10.8. The lowest BCUT2D eigenvalue weighted by atomic mass is 10.1. The van der Waals surface area contributed by atoms with Crippen molar-refractivity contribution in [2.75, 3.05) is 13.7 Å². The largest absolute Gasteiger partial charge is 0.468 e. The van der Waals surface area contributed by atoms with Crippen molar-refractivity contribution >= 4 is 11.7 Å². The Bertz CT molecular complexity index is 176. The highest BCUT2D eigenvalue weighted by Crippen LogP contribution is 2.10. The van der Waals surface area contributed by atoms with E-state index in [0.29, 0.717) is 12.3 Å². The van der Waals surface area contributed by atoms with Crippen LogP contribution in [0.3, 0.4) is 0 Å². The van der Waals surface area contributed by atoms with Crippen molar-refractivity contribution in [1.82, 2.24) is 0 Å². The van der Waals surface area contributed by atoms with Crippen LogP contribution in [0.2, 0.25) is 0 Å². The molecule has 1 heterocycles. The summed E-state index contributed by atoms with van der Waals surface area (Å²) in [6, 6.07) is 0. The van der Waals surface area contributed by atoms with E-state index in [2.05, 4.69) is 14.7 Å². The van der Waals surface area contributed by atoms with Gasteiger partial charge in [0.2, 0.25) is 0 Å². The monoisotopic (exact) mass is 143 g/mol. The van der Waals surface area contributed by atoms with E-state index in [9.17, 15) is 4.79 Å². The maximum Gasteiger partial charge on any atom is 0.318 e. The minimum Gasteiger partial charge on any atom is -0.468 e. The summed E-state index contributed by atoms with van der Waals surface area (Å²) in [7, 11) is 1.36. The molecule has 0 aliphatic carbocycles. The quantitative estimate of drug-likeness (QED) is 0.492. The van der Waals surface area contributed by atoms with Crippen molar-refractivity contribution in [1.29, 1.82) is 0 Å². The van der Waals surface area contributed by atoms with Crippen molar-refractivity contribution in [3.63, 3.8) is 0 Å². The van der Waals surface area contributed by atoms with E-state index >= 15 is 0 Å². The number of carbonyl (C=O) groups is 1. The number of ether oxygens (including phenoxy) is 1. The second-order valence-corrected chi connectivity index (χ2v) is 2.10. The average molecular weight is 143 g/mol. The van der Waals surface area contributed by atoms with Gasteiger partial charge in [0.1, 0.15) is 12.5 Å². The first kappa shape index (κ1) is 7.05. The Morgan fingerprint density at radius 3 is 3.00 bits per heavy atom. The molecule has 0 aromatic carbocycles. The summed E-state index contributed by atoms with van der Waals surface area (Å²) in [5.41, 5.74) is 0.687.